The normalized spacial score (nSPS) is 24.5. The molecule has 1 saturated heterocycles. The number of benzene rings is 1. The smallest absolute Gasteiger partial charge is 0.252 e. The maximum Gasteiger partial charge on any atom is 0.252 e. The SMILES string of the molecule is O=C(NCC1CCCCN1Cc1ccccc1)C1(O)CCC1. The quantitative estimate of drug-likeness (QED) is 0.875. The molecule has 1 aliphatic heterocycles. The predicted molar refractivity (Wildman–Crippen MR) is 86.3 cm³/mol. The molecule has 2 N–H and O–H groups in total. The molecular formula is C18H26N2O2. The minimum absolute atomic E-state index is 0.177. The van der Waals surface area contributed by atoms with Crippen molar-refractivity contribution in [3.05, 3.63) is 35.9 Å². The zero-order chi connectivity index (χ0) is 15.4. The summed E-state index contributed by atoms with van der Waals surface area (Å²) in [7, 11) is 0. The van der Waals surface area contributed by atoms with Gasteiger partial charge in [0.15, 0.2) is 0 Å². The third-order valence-corrected chi connectivity index (χ3v) is 5.08. The number of rotatable bonds is 5. The summed E-state index contributed by atoms with van der Waals surface area (Å²) in [6.45, 7) is 2.67. The van der Waals surface area contributed by atoms with Gasteiger partial charge >= 0.3 is 0 Å². The van der Waals surface area contributed by atoms with Gasteiger partial charge in [0.2, 0.25) is 0 Å². The molecule has 1 unspecified atom stereocenters. The Bertz CT molecular complexity index is 499. The molecule has 1 atom stereocenters. The van der Waals surface area contributed by atoms with Crippen molar-refractivity contribution in [3.63, 3.8) is 0 Å². The molecule has 3 rings (SSSR count). The van der Waals surface area contributed by atoms with Crippen LogP contribution in [0, 0.1) is 0 Å². The van der Waals surface area contributed by atoms with Gasteiger partial charge < -0.3 is 10.4 Å². The monoisotopic (exact) mass is 302 g/mol. The van der Waals surface area contributed by atoms with E-state index in [9.17, 15) is 9.90 Å². The van der Waals surface area contributed by atoms with Gasteiger partial charge in [-0.3, -0.25) is 9.69 Å². The van der Waals surface area contributed by atoms with Crippen molar-refractivity contribution in [3.8, 4) is 0 Å². The van der Waals surface area contributed by atoms with E-state index in [0.29, 0.717) is 25.4 Å². The molecule has 0 aromatic heterocycles. The summed E-state index contributed by atoms with van der Waals surface area (Å²) in [4.78, 5) is 14.5. The van der Waals surface area contributed by atoms with E-state index in [-0.39, 0.29) is 5.91 Å². The molecule has 1 aliphatic carbocycles. The largest absolute Gasteiger partial charge is 0.380 e. The standard InChI is InChI=1S/C18H26N2O2/c21-17(18(22)10-6-11-18)19-13-16-9-4-5-12-20(16)14-15-7-2-1-3-8-15/h1-3,7-8,16,22H,4-6,9-14H2,(H,19,21). The highest BCUT2D eigenvalue weighted by molar-refractivity contribution is 5.85. The molecule has 4 nitrogen and oxygen atoms in total. The molecule has 4 heteroatoms. The maximum absolute atomic E-state index is 12.1. The summed E-state index contributed by atoms with van der Waals surface area (Å²) in [6, 6.07) is 10.9. The number of piperidine rings is 1. The second-order valence-corrected chi connectivity index (χ2v) is 6.70. The van der Waals surface area contributed by atoms with Gasteiger partial charge in [-0.15, -0.1) is 0 Å². The minimum atomic E-state index is -1.08. The van der Waals surface area contributed by atoms with Crippen LogP contribution in [0.3, 0.4) is 0 Å². The number of nitrogens with one attached hydrogen (secondary N) is 1. The van der Waals surface area contributed by atoms with Gasteiger partial charge in [-0.1, -0.05) is 36.8 Å². The zero-order valence-electron chi connectivity index (χ0n) is 13.1. The van der Waals surface area contributed by atoms with Crippen LogP contribution in [-0.4, -0.2) is 40.6 Å². The van der Waals surface area contributed by atoms with E-state index in [1.165, 1.54) is 18.4 Å². The Morgan fingerprint density at radius 2 is 2.00 bits per heavy atom. The zero-order valence-corrected chi connectivity index (χ0v) is 13.1. The summed E-state index contributed by atoms with van der Waals surface area (Å²) in [5.41, 5.74) is 0.234. The summed E-state index contributed by atoms with van der Waals surface area (Å²) in [5.74, 6) is -0.177. The number of hydrogen-bond donors (Lipinski definition) is 2. The Morgan fingerprint density at radius 1 is 1.23 bits per heavy atom. The number of aliphatic hydroxyl groups is 1. The van der Waals surface area contributed by atoms with Gasteiger partial charge in [0.05, 0.1) is 0 Å². The Labute approximate surface area is 132 Å². The third-order valence-electron chi connectivity index (χ3n) is 5.08. The van der Waals surface area contributed by atoms with Crippen molar-refractivity contribution < 1.29 is 9.90 Å². The second-order valence-electron chi connectivity index (χ2n) is 6.70. The van der Waals surface area contributed by atoms with Gasteiger partial charge in [0, 0.05) is 19.1 Å². The van der Waals surface area contributed by atoms with Crippen LogP contribution in [0.5, 0.6) is 0 Å². The molecule has 0 radical (unpaired) electrons. The molecule has 1 heterocycles. The second kappa shape index (κ2) is 6.80. The van der Waals surface area contributed by atoms with Crippen molar-refractivity contribution in [2.45, 2.75) is 56.7 Å². The van der Waals surface area contributed by atoms with Crippen LogP contribution in [0.4, 0.5) is 0 Å². The van der Waals surface area contributed by atoms with Crippen molar-refractivity contribution in [1.29, 1.82) is 0 Å². The summed E-state index contributed by atoms with van der Waals surface area (Å²) < 4.78 is 0. The van der Waals surface area contributed by atoms with Crippen molar-refractivity contribution in [2.75, 3.05) is 13.1 Å². The average Bonchev–Trinajstić information content (AvgIpc) is 2.52. The van der Waals surface area contributed by atoms with Crippen LogP contribution >= 0.6 is 0 Å². The van der Waals surface area contributed by atoms with E-state index in [2.05, 4.69) is 34.5 Å². The maximum atomic E-state index is 12.1. The Hall–Kier alpha value is -1.39. The molecule has 2 aliphatic rings. The minimum Gasteiger partial charge on any atom is -0.380 e. The molecule has 1 amide bonds. The van der Waals surface area contributed by atoms with E-state index in [1.54, 1.807) is 0 Å². The first-order valence-corrected chi connectivity index (χ1v) is 8.46. The lowest BCUT2D eigenvalue weighted by Crippen LogP contribution is -2.55. The number of amides is 1. The molecule has 1 aromatic rings. The molecule has 2 fully saturated rings. The predicted octanol–water partition coefficient (Wildman–Crippen LogP) is 2.07. The molecule has 22 heavy (non-hydrogen) atoms. The van der Waals surface area contributed by atoms with Crippen LogP contribution in [-0.2, 0) is 11.3 Å². The first-order chi connectivity index (χ1) is 10.7. The van der Waals surface area contributed by atoms with Crippen molar-refractivity contribution in [2.24, 2.45) is 0 Å². The van der Waals surface area contributed by atoms with Crippen LogP contribution < -0.4 is 5.32 Å². The first-order valence-electron chi connectivity index (χ1n) is 8.46. The summed E-state index contributed by atoms with van der Waals surface area (Å²) in [6.07, 6.45) is 5.73. The highest BCUT2D eigenvalue weighted by Crippen LogP contribution is 2.31. The molecule has 120 valence electrons. The van der Waals surface area contributed by atoms with Crippen LogP contribution in [0.1, 0.15) is 44.1 Å². The number of likely N-dealkylation sites (tertiary alicyclic amines) is 1. The van der Waals surface area contributed by atoms with E-state index >= 15 is 0 Å². The fourth-order valence-corrected chi connectivity index (χ4v) is 3.43. The van der Waals surface area contributed by atoms with E-state index in [1.807, 2.05) is 6.07 Å². The lowest BCUT2D eigenvalue weighted by atomic mass is 9.79. The molecule has 0 bridgehead atoms. The topological polar surface area (TPSA) is 52.6 Å². The van der Waals surface area contributed by atoms with Gasteiger partial charge in [-0.25, -0.2) is 0 Å². The van der Waals surface area contributed by atoms with Crippen LogP contribution in [0.25, 0.3) is 0 Å². The first kappa shape index (κ1) is 15.5. The van der Waals surface area contributed by atoms with Crippen molar-refractivity contribution >= 4 is 5.91 Å². The van der Waals surface area contributed by atoms with Crippen LogP contribution in [0.15, 0.2) is 30.3 Å². The van der Waals surface area contributed by atoms with Gasteiger partial charge in [0.1, 0.15) is 5.60 Å². The number of nitrogens with zero attached hydrogens (tertiary/aromatic N) is 1. The lowest BCUT2D eigenvalue weighted by molar-refractivity contribution is -0.148. The fourth-order valence-electron chi connectivity index (χ4n) is 3.43. The Morgan fingerprint density at radius 3 is 2.68 bits per heavy atom. The van der Waals surface area contributed by atoms with Gasteiger partial charge in [-0.05, 0) is 44.2 Å². The third kappa shape index (κ3) is 3.50. The van der Waals surface area contributed by atoms with E-state index in [4.69, 9.17) is 0 Å². The Kier molecular flexibility index (Phi) is 4.79. The number of hydrogen-bond acceptors (Lipinski definition) is 3. The van der Waals surface area contributed by atoms with Crippen molar-refractivity contribution in [1.82, 2.24) is 10.2 Å². The number of carbonyl (C=O) groups excluding carboxylic acids is 1. The van der Waals surface area contributed by atoms with E-state index < -0.39 is 5.60 Å². The average molecular weight is 302 g/mol. The van der Waals surface area contributed by atoms with Crippen LogP contribution in [0.2, 0.25) is 0 Å². The lowest BCUT2D eigenvalue weighted by Gasteiger charge is -2.38. The summed E-state index contributed by atoms with van der Waals surface area (Å²) in [5, 5.41) is 13.1. The van der Waals surface area contributed by atoms with Gasteiger partial charge in [0.25, 0.3) is 5.91 Å². The van der Waals surface area contributed by atoms with Gasteiger partial charge in [-0.2, -0.15) is 0 Å². The highest BCUT2D eigenvalue weighted by atomic mass is 16.3. The molecule has 1 saturated carbocycles. The fraction of sp³-hybridized carbons (Fsp3) is 0.611. The highest BCUT2D eigenvalue weighted by Gasteiger charge is 2.42. The molecule has 1 aromatic carbocycles. The molecular weight excluding hydrogens is 276 g/mol. The Balaban J connectivity index is 1.54. The summed E-state index contributed by atoms with van der Waals surface area (Å²) >= 11 is 0. The molecule has 0 spiro atoms. The number of carbonyl (C=O) groups is 1. The van der Waals surface area contributed by atoms with E-state index in [0.717, 1.165) is 25.9 Å².